The van der Waals surface area contributed by atoms with Crippen LogP contribution in [-0.2, 0) is 0 Å². The summed E-state index contributed by atoms with van der Waals surface area (Å²) >= 11 is 1.42. The number of para-hydroxylation sites is 1. The summed E-state index contributed by atoms with van der Waals surface area (Å²) < 4.78 is 0. The topological polar surface area (TPSA) is 113 Å². The first-order valence-corrected chi connectivity index (χ1v) is 7.14. The molecule has 0 saturated heterocycles. The largest absolute Gasteiger partial charge is 0.478 e. The first kappa shape index (κ1) is 16.3. The zero-order chi connectivity index (χ0) is 15.3. The summed E-state index contributed by atoms with van der Waals surface area (Å²) in [6.45, 7) is 1.59. The van der Waals surface area contributed by atoms with Gasteiger partial charge in [0.25, 0.3) is 5.69 Å². The zero-order valence-electron chi connectivity index (χ0n) is 11.1. The number of carboxylic acid groups (broad SMARTS) is 1. The monoisotopic (exact) mass is 300 g/mol. The van der Waals surface area contributed by atoms with Crippen molar-refractivity contribution >= 4 is 29.1 Å². The van der Waals surface area contributed by atoms with Gasteiger partial charge in [0.05, 0.1) is 16.1 Å². The highest BCUT2D eigenvalue weighted by Crippen LogP contribution is 2.29. The van der Waals surface area contributed by atoms with E-state index < -0.39 is 16.5 Å². The highest BCUT2D eigenvalue weighted by atomic mass is 32.2. The number of nitro benzene ring substituents is 1. The van der Waals surface area contributed by atoms with Crippen LogP contribution in [0.2, 0.25) is 0 Å². The Labute approximate surface area is 120 Å². The Kier molecular flexibility index (Phi) is 5.34. The van der Waals surface area contributed by atoms with E-state index in [4.69, 9.17) is 5.11 Å². The first-order chi connectivity index (χ1) is 9.28. The van der Waals surface area contributed by atoms with Gasteiger partial charge in [0.15, 0.2) is 0 Å². The molecule has 0 aromatic heterocycles. The Morgan fingerprint density at radius 1 is 1.55 bits per heavy atom. The number of anilines is 1. The maximum Gasteiger partial charge on any atom is 0.338 e. The van der Waals surface area contributed by atoms with Gasteiger partial charge < -0.3 is 15.5 Å². The van der Waals surface area contributed by atoms with Gasteiger partial charge in [0.1, 0.15) is 5.69 Å². The Morgan fingerprint density at radius 2 is 2.20 bits per heavy atom. The van der Waals surface area contributed by atoms with Crippen LogP contribution in [0.1, 0.15) is 17.3 Å². The van der Waals surface area contributed by atoms with Crippen LogP contribution in [0.25, 0.3) is 0 Å². The van der Waals surface area contributed by atoms with Gasteiger partial charge in [-0.05, 0) is 19.2 Å². The molecule has 8 heteroatoms. The summed E-state index contributed by atoms with van der Waals surface area (Å²) in [4.78, 5) is 21.4. The SMILES string of the molecule is CSCC(C)(O)CNc1c(C(=O)O)cccc1[N+](=O)[O-]. The summed E-state index contributed by atoms with van der Waals surface area (Å²) in [5.74, 6) is -0.844. The molecule has 0 amide bonds. The lowest BCUT2D eigenvalue weighted by molar-refractivity contribution is -0.384. The van der Waals surface area contributed by atoms with Crippen LogP contribution in [-0.4, -0.2) is 45.3 Å². The molecule has 7 nitrogen and oxygen atoms in total. The van der Waals surface area contributed by atoms with Crippen LogP contribution >= 0.6 is 11.8 Å². The maximum atomic E-state index is 11.1. The summed E-state index contributed by atoms with van der Waals surface area (Å²) in [6, 6.07) is 3.81. The smallest absolute Gasteiger partial charge is 0.338 e. The number of hydrogen-bond donors (Lipinski definition) is 3. The van der Waals surface area contributed by atoms with E-state index in [1.807, 2.05) is 6.26 Å². The van der Waals surface area contributed by atoms with Crippen LogP contribution < -0.4 is 5.32 Å². The molecule has 0 aliphatic heterocycles. The number of hydrogen-bond acceptors (Lipinski definition) is 6. The number of benzene rings is 1. The second-order valence-electron chi connectivity index (χ2n) is 4.55. The highest BCUT2D eigenvalue weighted by Gasteiger charge is 2.25. The Hall–Kier alpha value is -1.80. The number of nitrogens with zero attached hydrogens (tertiary/aromatic N) is 1. The third kappa shape index (κ3) is 4.10. The highest BCUT2D eigenvalue weighted by molar-refractivity contribution is 7.98. The lowest BCUT2D eigenvalue weighted by Crippen LogP contribution is -2.36. The molecular weight excluding hydrogens is 284 g/mol. The predicted molar refractivity (Wildman–Crippen MR) is 77.6 cm³/mol. The minimum Gasteiger partial charge on any atom is -0.478 e. The zero-order valence-corrected chi connectivity index (χ0v) is 11.9. The van der Waals surface area contributed by atoms with Crippen molar-refractivity contribution in [1.29, 1.82) is 0 Å². The molecular formula is C12H16N2O5S. The molecule has 20 heavy (non-hydrogen) atoms. The van der Waals surface area contributed by atoms with Gasteiger partial charge in [-0.25, -0.2) is 4.79 Å². The standard InChI is InChI=1S/C12H16N2O5S/c1-12(17,7-20-2)6-13-10-8(11(15)16)4-3-5-9(10)14(18)19/h3-5,13,17H,6-7H2,1-2H3,(H,15,16). The lowest BCUT2D eigenvalue weighted by Gasteiger charge is -2.23. The number of nitrogens with one attached hydrogen (secondary N) is 1. The number of aliphatic hydroxyl groups is 1. The van der Waals surface area contributed by atoms with Crippen LogP contribution in [0.5, 0.6) is 0 Å². The van der Waals surface area contributed by atoms with E-state index in [0.29, 0.717) is 5.75 Å². The minimum absolute atomic E-state index is 0.0129. The maximum absolute atomic E-state index is 11.1. The molecule has 0 fully saturated rings. The summed E-state index contributed by atoms with van der Waals surface area (Å²) in [5.41, 5.74) is -1.71. The second kappa shape index (κ2) is 6.58. The third-order valence-electron chi connectivity index (χ3n) is 2.57. The quantitative estimate of drug-likeness (QED) is 0.520. The van der Waals surface area contributed by atoms with Crippen molar-refractivity contribution in [1.82, 2.24) is 0 Å². The fourth-order valence-corrected chi connectivity index (χ4v) is 2.42. The Morgan fingerprint density at radius 3 is 2.70 bits per heavy atom. The van der Waals surface area contributed by atoms with Crippen LogP contribution in [0, 0.1) is 10.1 Å². The molecule has 110 valence electrons. The van der Waals surface area contributed by atoms with Crippen molar-refractivity contribution in [2.45, 2.75) is 12.5 Å². The van der Waals surface area contributed by atoms with E-state index in [1.54, 1.807) is 6.92 Å². The molecule has 0 spiro atoms. The molecule has 3 N–H and O–H groups in total. The van der Waals surface area contributed by atoms with Crippen molar-refractivity contribution in [2.24, 2.45) is 0 Å². The van der Waals surface area contributed by atoms with Gasteiger partial charge in [-0.3, -0.25) is 10.1 Å². The number of nitro groups is 1. The van der Waals surface area contributed by atoms with Gasteiger partial charge >= 0.3 is 5.97 Å². The van der Waals surface area contributed by atoms with Gasteiger partial charge in [-0.1, -0.05) is 6.07 Å². The number of aromatic carboxylic acids is 1. The molecule has 1 aromatic carbocycles. The fraction of sp³-hybridized carbons (Fsp3) is 0.417. The molecule has 0 bridgehead atoms. The van der Waals surface area contributed by atoms with Crippen LogP contribution in [0.4, 0.5) is 11.4 Å². The Bertz CT molecular complexity index is 486. The Balaban J connectivity index is 3.08. The fourth-order valence-electron chi connectivity index (χ4n) is 1.70. The first-order valence-electron chi connectivity index (χ1n) is 5.74. The second-order valence-corrected chi connectivity index (χ2v) is 5.41. The molecule has 1 unspecified atom stereocenters. The van der Waals surface area contributed by atoms with E-state index >= 15 is 0 Å². The molecule has 0 aliphatic carbocycles. The van der Waals surface area contributed by atoms with E-state index in [1.165, 1.54) is 30.0 Å². The van der Waals surface area contributed by atoms with Crippen molar-refractivity contribution in [3.05, 3.63) is 33.9 Å². The lowest BCUT2D eigenvalue weighted by atomic mass is 10.1. The van der Waals surface area contributed by atoms with Crippen molar-refractivity contribution in [3.63, 3.8) is 0 Å². The van der Waals surface area contributed by atoms with Crippen molar-refractivity contribution in [3.8, 4) is 0 Å². The van der Waals surface area contributed by atoms with Crippen LogP contribution in [0.3, 0.4) is 0 Å². The third-order valence-corrected chi connectivity index (χ3v) is 3.48. The van der Waals surface area contributed by atoms with E-state index in [-0.39, 0.29) is 23.5 Å². The molecule has 0 saturated carbocycles. The summed E-state index contributed by atoms with van der Waals surface area (Å²) in [5, 5.41) is 32.7. The molecule has 1 atom stereocenters. The average molecular weight is 300 g/mol. The number of rotatable bonds is 7. The molecule has 1 rings (SSSR count). The van der Waals surface area contributed by atoms with E-state index in [0.717, 1.165) is 0 Å². The normalized spacial score (nSPS) is 13.6. The van der Waals surface area contributed by atoms with E-state index in [9.17, 15) is 20.0 Å². The molecule has 0 aliphatic rings. The summed E-state index contributed by atoms with van der Waals surface area (Å²) in [6.07, 6.45) is 1.82. The molecule has 0 radical (unpaired) electrons. The molecule has 1 aromatic rings. The minimum atomic E-state index is -1.26. The van der Waals surface area contributed by atoms with Crippen LogP contribution in [0.15, 0.2) is 18.2 Å². The number of thioether (sulfide) groups is 1. The average Bonchev–Trinajstić information content (AvgIpc) is 2.35. The van der Waals surface area contributed by atoms with Gasteiger partial charge in [0.2, 0.25) is 0 Å². The number of carboxylic acids is 1. The van der Waals surface area contributed by atoms with Crippen molar-refractivity contribution < 1.29 is 19.9 Å². The van der Waals surface area contributed by atoms with E-state index in [2.05, 4.69) is 5.32 Å². The number of carbonyl (C=O) groups is 1. The summed E-state index contributed by atoms with van der Waals surface area (Å²) in [7, 11) is 0. The molecule has 0 heterocycles. The van der Waals surface area contributed by atoms with Gasteiger partial charge in [-0.2, -0.15) is 11.8 Å². The van der Waals surface area contributed by atoms with Gasteiger partial charge in [-0.15, -0.1) is 0 Å². The van der Waals surface area contributed by atoms with Crippen molar-refractivity contribution in [2.75, 3.05) is 23.9 Å². The predicted octanol–water partition coefficient (Wildman–Crippen LogP) is 1.82. The van der Waals surface area contributed by atoms with Gasteiger partial charge in [0, 0.05) is 18.4 Å².